The molecule has 0 bridgehead atoms. The summed E-state index contributed by atoms with van der Waals surface area (Å²) in [6, 6.07) is 7.07. The van der Waals surface area contributed by atoms with Gasteiger partial charge in [-0.1, -0.05) is 0 Å². The molecule has 0 N–H and O–H groups in total. The van der Waals surface area contributed by atoms with Gasteiger partial charge in [0.25, 0.3) is 0 Å². The third kappa shape index (κ3) is 3.34. The summed E-state index contributed by atoms with van der Waals surface area (Å²) in [6.45, 7) is 2.00. The minimum atomic E-state index is -0.379. The van der Waals surface area contributed by atoms with Gasteiger partial charge in [-0.05, 0) is 37.3 Å². The van der Waals surface area contributed by atoms with E-state index in [-0.39, 0.29) is 30.3 Å². The molecule has 19 heavy (non-hydrogen) atoms. The Hall–Kier alpha value is -2.30. The lowest BCUT2D eigenvalue weighted by molar-refractivity contribution is 0.0976. The summed E-state index contributed by atoms with van der Waals surface area (Å²) in [4.78, 5) is 27.2. The zero-order valence-corrected chi connectivity index (χ0v) is 10.5. The number of benzene rings is 1. The molecule has 0 aliphatic rings. The fourth-order valence-electron chi connectivity index (χ4n) is 1.69. The zero-order valence-electron chi connectivity index (χ0n) is 10.5. The van der Waals surface area contributed by atoms with Crippen LogP contribution in [0.5, 0.6) is 0 Å². The molecule has 2 rings (SSSR count). The van der Waals surface area contributed by atoms with Crippen molar-refractivity contribution in [3.05, 3.63) is 64.1 Å². The van der Waals surface area contributed by atoms with E-state index in [9.17, 15) is 14.0 Å². The van der Waals surface area contributed by atoms with Crippen molar-refractivity contribution in [2.45, 2.75) is 19.9 Å². The Labute approximate surface area is 109 Å². The van der Waals surface area contributed by atoms with Gasteiger partial charge in [-0.3, -0.25) is 9.36 Å². The van der Waals surface area contributed by atoms with E-state index in [1.807, 2.05) is 0 Å². The molecule has 98 valence electrons. The summed E-state index contributed by atoms with van der Waals surface area (Å²) in [5, 5.41) is 0. The average molecular weight is 260 g/mol. The fraction of sp³-hybridized carbons (Fsp3) is 0.214. The van der Waals surface area contributed by atoms with Gasteiger partial charge in [-0.25, -0.2) is 9.18 Å². The highest BCUT2D eigenvalue weighted by Gasteiger charge is 2.07. The number of rotatable bonds is 4. The molecule has 1 aromatic heterocycles. The van der Waals surface area contributed by atoms with E-state index >= 15 is 0 Å². The van der Waals surface area contributed by atoms with Crippen LogP contribution >= 0.6 is 0 Å². The number of Topliss-reactive ketones (excluding diaryl/α,β-unsaturated/α-hetero) is 1. The molecule has 2 aromatic rings. The van der Waals surface area contributed by atoms with Crippen LogP contribution in [0.15, 0.2) is 41.3 Å². The van der Waals surface area contributed by atoms with Crippen molar-refractivity contribution in [1.82, 2.24) is 9.55 Å². The van der Waals surface area contributed by atoms with Crippen LogP contribution in [0.4, 0.5) is 4.39 Å². The lowest BCUT2D eigenvalue weighted by Gasteiger charge is -2.04. The highest BCUT2D eigenvalue weighted by atomic mass is 19.1. The van der Waals surface area contributed by atoms with Crippen LogP contribution in [0.2, 0.25) is 0 Å². The molecular formula is C14H13FN2O2. The number of aromatic nitrogens is 2. The molecule has 1 aromatic carbocycles. The number of aryl methyl sites for hydroxylation is 2. The maximum atomic E-state index is 12.7. The maximum Gasteiger partial charge on any atom is 0.347 e. The van der Waals surface area contributed by atoms with Gasteiger partial charge in [0, 0.05) is 30.4 Å². The molecule has 0 amide bonds. The minimum absolute atomic E-state index is 0.132. The van der Waals surface area contributed by atoms with Crippen molar-refractivity contribution in [2.75, 3.05) is 0 Å². The van der Waals surface area contributed by atoms with Gasteiger partial charge in [-0.2, -0.15) is 4.98 Å². The van der Waals surface area contributed by atoms with Crippen LogP contribution in [-0.2, 0) is 6.54 Å². The molecule has 0 aliphatic carbocycles. The highest BCUT2D eigenvalue weighted by Crippen LogP contribution is 2.06. The van der Waals surface area contributed by atoms with Gasteiger partial charge in [-0.15, -0.1) is 0 Å². The first kappa shape index (κ1) is 13.1. The average Bonchev–Trinajstić information content (AvgIpc) is 2.38. The molecule has 0 radical (unpaired) electrons. The first-order chi connectivity index (χ1) is 9.06. The predicted octanol–water partition coefficient (Wildman–Crippen LogP) is 1.96. The van der Waals surface area contributed by atoms with Gasteiger partial charge in [0.2, 0.25) is 0 Å². The number of carbonyl (C=O) groups is 1. The first-order valence-electron chi connectivity index (χ1n) is 5.89. The van der Waals surface area contributed by atoms with Gasteiger partial charge >= 0.3 is 5.69 Å². The molecule has 0 saturated heterocycles. The second-order valence-electron chi connectivity index (χ2n) is 4.22. The number of nitrogens with zero attached hydrogens (tertiary/aromatic N) is 2. The van der Waals surface area contributed by atoms with E-state index in [1.165, 1.54) is 28.8 Å². The minimum Gasteiger partial charge on any atom is -0.299 e. The van der Waals surface area contributed by atoms with Crippen LogP contribution in [-0.4, -0.2) is 15.3 Å². The van der Waals surface area contributed by atoms with E-state index in [0.717, 1.165) is 0 Å². The second-order valence-corrected chi connectivity index (χ2v) is 4.22. The van der Waals surface area contributed by atoms with Crippen LogP contribution in [0.1, 0.15) is 22.5 Å². The Kier molecular flexibility index (Phi) is 3.85. The van der Waals surface area contributed by atoms with Crippen molar-refractivity contribution in [3.63, 3.8) is 0 Å². The Balaban J connectivity index is 2.04. The summed E-state index contributed by atoms with van der Waals surface area (Å²) in [7, 11) is 0. The molecule has 0 fully saturated rings. The lowest BCUT2D eigenvalue weighted by atomic mass is 10.1. The van der Waals surface area contributed by atoms with Gasteiger partial charge in [0.1, 0.15) is 5.82 Å². The summed E-state index contributed by atoms with van der Waals surface area (Å²) in [6.07, 6.45) is 1.79. The number of carbonyl (C=O) groups excluding carboxylic acids is 1. The maximum absolute atomic E-state index is 12.7. The monoisotopic (exact) mass is 260 g/mol. The normalized spacial score (nSPS) is 10.4. The Morgan fingerprint density at radius 1 is 1.26 bits per heavy atom. The van der Waals surface area contributed by atoms with E-state index < -0.39 is 0 Å². The topological polar surface area (TPSA) is 52.0 Å². The van der Waals surface area contributed by atoms with E-state index in [0.29, 0.717) is 11.3 Å². The van der Waals surface area contributed by atoms with E-state index in [2.05, 4.69) is 4.98 Å². The molecule has 0 aliphatic heterocycles. The van der Waals surface area contributed by atoms with Gasteiger partial charge in [0.15, 0.2) is 5.78 Å². The van der Waals surface area contributed by atoms with Crippen LogP contribution in [0.25, 0.3) is 0 Å². The second kappa shape index (κ2) is 5.56. The third-order valence-electron chi connectivity index (χ3n) is 2.76. The van der Waals surface area contributed by atoms with Crippen LogP contribution < -0.4 is 5.69 Å². The van der Waals surface area contributed by atoms with Gasteiger partial charge in [0.05, 0.1) is 0 Å². The molecule has 1 heterocycles. The largest absolute Gasteiger partial charge is 0.347 e. The van der Waals surface area contributed by atoms with Crippen molar-refractivity contribution in [2.24, 2.45) is 0 Å². The molecular weight excluding hydrogens is 247 g/mol. The van der Waals surface area contributed by atoms with Crippen LogP contribution in [0.3, 0.4) is 0 Å². The smallest absolute Gasteiger partial charge is 0.299 e. The standard InChI is InChI=1S/C14H13FN2O2/c1-10-6-8-17(14(19)16-10)9-7-13(18)11-2-4-12(15)5-3-11/h2-6,8H,7,9H2,1H3. The summed E-state index contributed by atoms with van der Waals surface area (Å²) < 4.78 is 14.1. The number of ketones is 1. The third-order valence-corrected chi connectivity index (χ3v) is 2.76. The van der Waals surface area contributed by atoms with Gasteiger partial charge < -0.3 is 0 Å². The number of hydrogen-bond acceptors (Lipinski definition) is 3. The molecule has 0 unspecified atom stereocenters. The molecule has 4 nitrogen and oxygen atoms in total. The summed E-state index contributed by atoms with van der Waals surface area (Å²) in [5.74, 6) is -0.511. The van der Waals surface area contributed by atoms with E-state index in [4.69, 9.17) is 0 Å². The first-order valence-corrected chi connectivity index (χ1v) is 5.89. The molecule has 5 heteroatoms. The van der Waals surface area contributed by atoms with Crippen molar-refractivity contribution in [3.8, 4) is 0 Å². The number of hydrogen-bond donors (Lipinski definition) is 0. The zero-order chi connectivity index (χ0) is 13.8. The lowest BCUT2D eigenvalue weighted by Crippen LogP contribution is -2.24. The Morgan fingerprint density at radius 2 is 1.95 bits per heavy atom. The Bertz CT molecular complexity index is 647. The molecule has 0 spiro atoms. The van der Waals surface area contributed by atoms with Crippen molar-refractivity contribution < 1.29 is 9.18 Å². The quantitative estimate of drug-likeness (QED) is 0.790. The number of halogens is 1. The highest BCUT2D eigenvalue weighted by molar-refractivity contribution is 5.95. The summed E-state index contributed by atoms with van der Waals surface area (Å²) in [5.41, 5.74) is 0.715. The fourth-order valence-corrected chi connectivity index (χ4v) is 1.69. The predicted molar refractivity (Wildman–Crippen MR) is 68.6 cm³/mol. The molecule has 0 atom stereocenters. The van der Waals surface area contributed by atoms with Crippen molar-refractivity contribution >= 4 is 5.78 Å². The van der Waals surface area contributed by atoms with Crippen LogP contribution in [0, 0.1) is 12.7 Å². The Morgan fingerprint density at radius 3 is 2.58 bits per heavy atom. The molecule has 0 saturated carbocycles. The van der Waals surface area contributed by atoms with E-state index in [1.54, 1.807) is 19.2 Å². The van der Waals surface area contributed by atoms with Crippen molar-refractivity contribution in [1.29, 1.82) is 0 Å². The SMILES string of the molecule is Cc1ccn(CCC(=O)c2ccc(F)cc2)c(=O)n1. The summed E-state index contributed by atoms with van der Waals surface area (Å²) >= 11 is 0.